The zero-order valence-corrected chi connectivity index (χ0v) is 13.2. The Hall–Kier alpha value is -2.10. The molecule has 0 amide bonds. The van der Waals surface area contributed by atoms with Crippen LogP contribution >= 0.6 is 0 Å². The van der Waals surface area contributed by atoms with Crippen molar-refractivity contribution in [3.63, 3.8) is 0 Å². The van der Waals surface area contributed by atoms with Crippen LogP contribution in [0.1, 0.15) is 50.0 Å². The van der Waals surface area contributed by atoms with E-state index in [0.717, 1.165) is 35.9 Å². The number of hydrogen-bond acceptors (Lipinski definition) is 2. The van der Waals surface area contributed by atoms with Crippen molar-refractivity contribution >= 4 is 22.8 Å². The van der Waals surface area contributed by atoms with Crippen LogP contribution in [0, 0.1) is 5.92 Å². The number of carbonyl (C=O) groups excluding carboxylic acids is 1. The van der Waals surface area contributed by atoms with Gasteiger partial charge in [0, 0.05) is 23.9 Å². The van der Waals surface area contributed by atoms with Gasteiger partial charge in [-0.05, 0) is 30.9 Å². The van der Waals surface area contributed by atoms with Crippen molar-refractivity contribution in [3.05, 3.63) is 36.0 Å². The van der Waals surface area contributed by atoms with Crippen molar-refractivity contribution in [2.24, 2.45) is 5.92 Å². The minimum atomic E-state index is -0.858. The predicted molar refractivity (Wildman–Crippen MR) is 87.2 cm³/mol. The van der Waals surface area contributed by atoms with Crippen LogP contribution in [0.25, 0.3) is 10.9 Å². The Morgan fingerprint density at radius 1 is 1.23 bits per heavy atom. The number of benzene rings is 1. The maximum Gasteiger partial charge on any atom is 0.303 e. The third kappa shape index (κ3) is 3.75. The van der Waals surface area contributed by atoms with Gasteiger partial charge in [-0.3, -0.25) is 14.2 Å². The van der Waals surface area contributed by atoms with E-state index in [-0.39, 0.29) is 24.7 Å². The quantitative estimate of drug-likeness (QED) is 0.836. The monoisotopic (exact) mass is 301 g/mol. The molecule has 22 heavy (non-hydrogen) atoms. The number of para-hydroxylation sites is 1. The summed E-state index contributed by atoms with van der Waals surface area (Å²) < 4.78 is 1.78. The standard InChI is InChI=1S/C18H23NO3/c1-3-4-8-15-12-14-7-5-6-9-16(14)19(15)17(20)10-13(2)11-18(21)22/h5-7,9,12-13H,3-4,8,10-11H2,1-2H3,(H,21,22). The predicted octanol–water partition coefficient (Wildman–Crippen LogP) is 4.13. The van der Waals surface area contributed by atoms with Gasteiger partial charge in [0.15, 0.2) is 0 Å². The molecular formula is C18H23NO3. The highest BCUT2D eigenvalue weighted by molar-refractivity contribution is 5.94. The molecule has 0 saturated carbocycles. The van der Waals surface area contributed by atoms with Gasteiger partial charge in [-0.25, -0.2) is 0 Å². The molecule has 0 radical (unpaired) electrons. The second kappa shape index (κ2) is 7.25. The Morgan fingerprint density at radius 2 is 1.95 bits per heavy atom. The van der Waals surface area contributed by atoms with E-state index in [2.05, 4.69) is 13.0 Å². The maximum atomic E-state index is 12.7. The second-order valence-corrected chi connectivity index (χ2v) is 5.93. The minimum absolute atomic E-state index is 0.0129. The van der Waals surface area contributed by atoms with Gasteiger partial charge in [0.05, 0.1) is 5.52 Å². The number of carboxylic acid groups (broad SMARTS) is 1. The fraction of sp³-hybridized carbons (Fsp3) is 0.444. The molecule has 0 fully saturated rings. The first-order valence-corrected chi connectivity index (χ1v) is 7.87. The van der Waals surface area contributed by atoms with Crippen molar-refractivity contribution in [1.82, 2.24) is 4.57 Å². The zero-order valence-electron chi connectivity index (χ0n) is 13.2. The molecule has 2 rings (SSSR count). The molecule has 1 aromatic heterocycles. The number of nitrogens with zero attached hydrogens (tertiary/aromatic N) is 1. The lowest BCUT2D eigenvalue weighted by atomic mass is 10.0. The summed E-state index contributed by atoms with van der Waals surface area (Å²) in [6, 6.07) is 9.93. The molecule has 1 aromatic carbocycles. The Balaban J connectivity index is 2.30. The number of unbranched alkanes of at least 4 members (excludes halogenated alkanes) is 1. The topological polar surface area (TPSA) is 59.3 Å². The first-order valence-electron chi connectivity index (χ1n) is 7.87. The Morgan fingerprint density at radius 3 is 2.64 bits per heavy atom. The maximum absolute atomic E-state index is 12.7. The van der Waals surface area contributed by atoms with Crippen molar-refractivity contribution in [1.29, 1.82) is 0 Å². The molecule has 4 nitrogen and oxygen atoms in total. The van der Waals surface area contributed by atoms with E-state index >= 15 is 0 Å². The number of aromatic nitrogens is 1. The van der Waals surface area contributed by atoms with Gasteiger partial charge in [0.2, 0.25) is 5.91 Å². The molecule has 0 aliphatic carbocycles. The lowest BCUT2D eigenvalue weighted by Gasteiger charge is -2.12. The summed E-state index contributed by atoms with van der Waals surface area (Å²) >= 11 is 0. The molecule has 0 saturated heterocycles. The third-order valence-electron chi connectivity index (χ3n) is 3.87. The summed E-state index contributed by atoms with van der Waals surface area (Å²) in [5.41, 5.74) is 1.94. The van der Waals surface area contributed by atoms with Crippen LogP contribution in [-0.2, 0) is 11.2 Å². The first-order chi connectivity index (χ1) is 10.5. The summed E-state index contributed by atoms with van der Waals surface area (Å²) in [4.78, 5) is 23.4. The van der Waals surface area contributed by atoms with Crippen LogP contribution in [0.5, 0.6) is 0 Å². The highest BCUT2D eigenvalue weighted by Gasteiger charge is 2.18. The van der Waals surface area contributed by atoms with Crippen molar-refractivity contribution < 1.29 is 14.7 Å². The van der Waals surface area contributed by atoms with E-state index in [1.54, 1.807) is 4.57 Å². The minimum Gasteiger partial charge on any atom is -0.481 e. The molecule has 0 aliphatic rings. The molecule has 2 aromatic rings. The Bertz CT molecular complexity index is 672. The number of fused-ring (bicyclic) bond motifs is 1. The van der Waals surface area contributed by atoms with Crippen LogP contribution in [-0.4, -0.2) is 21.6 Å². The van der Waals surface area contributed by atoms with Gasteiger partial charge in [-0.2, -0.15) is 0 Å². The van der Waals surface area contributed by atoms with Gasteiger partial charge < -0.3 is 5.11 Å². The van der Waals surface area contributed by atoms with E-state index in [4.69, 9.17) is 5.11 Å². The molecule has 0 bridgehead atoms. The molecular weight excluding hydrogens is 278 g/mol. The van der Waals surface area contributed by atoms with Gasteiger partial charge in [-0.15, -0.1) is 0 Å². The van der Waals surface area contributed by atoms with E-state index in [0.29, 0.717) is 0 Å². The van der Waals surface area contributed by atoms with Crippen LogP contribution in [0.2, 0.25) is 0 Å². The number of aryl methyl sites for hydroxylation is 1. The van der Waals surface area contributed by atoms with Crippen LogP contribution in [0.4, 0.5) is 0 Å². The highest BCUT2D eigenvalue weighted by atomic mass is 16.4. The first kappa shape index (κ1) is 16.3. The molecule has 0 aliphatic heterocycles. The number of rotatable bonds is 7. The fourth-order valence-corrected chi connectivity index (χ4v) is 2.81. The van der Waals surface area contributed by atoms with E-state index in [9.17, 15) is 9.59 Å². The fourth-order valence-electron chi connectivity index (χ4n) is 2.81. The summed E-state index contributed by atoms with van der Waals surface area (Å²) in [6.45, 7) is 3.94. The van der Waals surface area contributed by atoms with Crippen LogP contribution < -0.4 is 0 Å². The molecule has 118 valence electrons. The summed E-state index contributed by atoms with van der Waals surface area (Å²) in [6.07, 6.45) is 3.25. The van der Waals surface area contributed by atoms with Gasteiger partial charge in [0.25, 0.3) is 0 Å². The Kier molecular flexibility index (Phi) is 5.36. The van der Waals surface area contributed by atoms with Gasteiger partial charge in [0.1, 0.15) is 0 Å². The SMILES string of the molecule is CCCCc1cc2ccccc2n1C(=O)CC(C)CC(=O)O. The molecule has 1 atom stereocenters. The molecule has 4 heteroatoms. The van der Waals surface area contributed by atoms with E-state index in [1.165, 1.54) is 0 Å². The highest BCUT2D eigenvalue weighted by Crippen LogP contribution is 2.23. The van der Waals surface area contributed by atoms with E-state index in [1.807, 2.05) is 31.2 Å². The summed E-state index contributed by atoms with van der Waals surface area (Å²) in [5.74, 6) is -1.03. The summed E-state index contributed by atoms with van der Waals surface area (Å²) in [7, 11) is 0. The van der Waals surface area contributed by atoms with E-state index < -0.39 is 5.97 Å². The average Bonchev–Trinajstić information content (AvgIpc) is 2.82. The number of carbonyl (C=O) groups is 2. The molecule has 0 spiro atoms. The lowest BCUT2D eigenvalue weighted by molar-refractivity contribution is -0.137. The summed E-state index contributed by atoms with van der Waals surface area (Å²) in [5, 5.41) is 9.91. The van der Waals surface area contributed by atoms with Crippen LogP contribution in [0.3, 0.4) is 0 Å². The second-order valence-electron chi connectivity index (χ2n) is 5.93. The molecule has 1 unspecified atom stereocenters. The smallest absolute Gasteiger partial charge is 0.303 e. The average molecular weight is 301 g/mol. The largest absolute Gasteiger partial charge is 0.481 e. The number of hydrogen-bond donors (Lipinski definition) is 1. The number of aliphatic carboxylic acids is 1. The van der Waals surface area contributed by atoms with Gasteiger partial charge >= 0.3 is 5.97 Å². The van der Waals surface area contributed by atoms with Crippen molar-refractivity contribution in [2.45, 2.75) is 46.0 Å². The Labute approximate surface area is 130 Å². The lowest BCUT2D eigenvalue weighted by Crippen LogP contribution is -2.18. The van der Waals surface area contributed by atoms with Crippen molar-refractivity contribution in [3.8, 4) is 0 Å². The third-order valence-corrected chi connectivity index (χ3v) is 3.87. The number of carboxylic acids is 1. The molecule has 1 N–H and O–H groups in total. The van der Waals surface area contributed by atoms with Crippen molar-refractivity contribution in [2.75, 3.05) is 0 Å². The van der Waals surface area contributed by atoms with Gasteiger partial charge in [-0.1, -0.05) is 38.5 Å². The van der Waals surface area contributed by atoms with Crippen LogP contribution in [0.15, 0.2) is 30.3 Å². The molecule has 1 heterocycles. The zero-order chi connectivity index (χ0) is 16.1. The normalized spacial score (nSPS) is 12.5.